The molecular weight excluding hydrogens is 272 g/mol. The van der Waals surface area contributed by atoms with E-state index < -0.39 is 17.5 Å². The fraction of sp³-hybridized carbons (Fsp3) is 0.0833. The van der Waals surface area contributed by atoms with Gasteiger partial charge in [-0.3, -0.25) is 4.79 Å². The van der Waals surface area contributed by atoms with Gasteiger partial charge < -0.3 is 5.32 Å². The monoisotopic (exact) mass is 281 g/mol. The molecule has 0 aliphatic rings. The van der Waals surface area contributed by atoms with Gasteiger partial charge in [-0.05, 0) is 18.2 Å². The molecule has 0 saturated heterocycles. The summed E-state index contributed by atoms with van der Waals surface area (Å²) < 4.78 is 26.2. The van der Waals surface area contributed by atoms with Crippen LogP contribution in [0.2, 0.25) is 0 Å². The highest BCUT2D eigenvalue weighted by molar-refractivity contribution is 7.99. The molecule has 0 aliphatic carbocycles. The molecule has 0 spiro atoms. The van der Waals surface area contributed by atoms with Crippen LogP contribution in [0.15, 0.2) is 41.8 Å². The molecule has 0 bridgehead atoms. The van der Waals surface area contributed by atoms with E-state index in [0.29, 0.717) is 5.16 Å². The second kappa shape index (κ2) is 6.24. The van der Waals surface area contributed by atoms with Gasteiger partial charge in [0, 0.05) is 18.5 Å². The lowest BCUT2D eigenvalue weighted by Crippen LogP contribution is -2.15. The molecule has 0 fully saturated rings. The number of amides is 1. The number of hydrogen-bond donors (Lipinski definition) is 1. The van der Waals surface area contributed by atoms with E-state index in [1.807, 2.05) is 0 Å². The van der Waals surface area contributed by atoms with Gasteiger partial charge in [0.25, 0.3) is 0 Å². The van der Waals surface area contributed by atoms with Crippen LogP contribution >= 0.6 is 11.8 Å². The number of anilines is 1. The lowest BCUT2D eigenvalue weighted by molar-refractivity contribution is -0.113. The van der Waals surface area contributed by atoms with Crippen LogP contribution in [0.1, 0.15) is 0 Å². The minimum Gasteiger partial charge on any atom is -0.323 e. The Morgan fingerprint density at radius 3 is 2.74 bits per heavy atom. The summed E-state index contributed by atoms with van der Waals surface area (Å²) >= 11 is 1.11. The van der Waals surface area contributed by atoms with E-state index in [2.05, 4.69) is 15.3 Å². The van der Waals surface area contributed by atoms with Gasteiger partial charge in [0.1, 0.15) is 11.6 Å². The van der Waals surface area contributed by atoms with Gasteiger partial charge in [-0.15, -0.1) is 0 Å². The Morgan fingerprint density at radius 1 is 1.26 bits per heavy atom. The number of nitrogens with one attached hydrogen (secondary N) is 1. The highest BCUT2D eigenvalue weighted by Crippen LogP contribution is 2.16. The second-order valence-corrected chi connectivity index (χ2v) is 4.43. The van der Waals surface area contributed by atoms with Crippen LogP contribution in [-0.4, -0.2) is 21.6 Å². The van der Waals surface area contributed by atoms with Crippen LogP contribution in [-0.2, 0) is 4.79 Å². The Kier molecular flexibility index (Phi) is 4.40. The lowest BCUT2D eigenvalue weighted by atomic mass is 10.3. The molecule has 1 amide bonds. The minimum absolute atomic E-state index is 0.0139. The van der Waals surface area contributed by atoms with Crippen molar-refractivity contribution in [1.29, 1.82) is 0 Å². The number of rotatable bonds is 4. The van der Waals surface area contributed by atoms with Crippen molar-refractivity contribution in [1.82, 2.24) is 9.97 Å². The molecular formula is C12H9F2N3OS. The lowest BCUT2D eigenvalue weighted by Gasteiger charge is -2.05. The summed E-state index contributed by atoms with van der Waals surface area (Å²) in [6.45, 7) is 0. The Hall–Kier alpha value is -2.02. The molecule has 0 unspecified atom stereocenters. The zero-order chi connectivity index (χ0) is 13.7. The zero-order valence-corrected chi connectivity index (χ0v) is 10.5. The SMILES string of the molecule is O=C(CSc1ncccn1)Nc1cc(F)ccc1F. The summed E-state index contributed by atoms with van der Waals surface area (Å²) in [6.07, 6.45) is 3.11. The van der Waals surface area contributed by atoms with E-state index in [4.69, 9.17) is 0 Å². The summed E-state index contributed by atoms with van der Waals surface area (Å²) in [5.41, 5.74) is -0.181. The summed E-state index contributed by atoms with van der Waals surface area (Å²) in [7, 11) is 0. The summed E-state index contributed by atoms with van der Waals surface area (Å²) in [6, 6.07) is 4.53. The van der Waals surface area contributed by atoms with Crippen LogP contribution in [0.4, 0.5) is 14.5 Å². The molecule has 0 aliphatic heterocycles. The number of aromatic nitrogens is 2. The average molecular weight is 281 g/mol. The number of carbonyl (C=O) groups excluding carboxylic acids is 1. The highest BCUT2D eigenvalue weighted by Gasteiger charge is 2.09. The first kappa shape index (κ1) is 13.4. The van der Waals surface area contributed by atoms with E-state index in [-0.39, 0.29) is 11.4 Å². The fourth-order valence-corrected chi connectivity index (χ4v) is 1.87. The smallest absolute Gasteiger partial charge is 0.234 e. The number of halogens is 2. The van der Waals surface area contributed by atoms with Crippen LogP contribution in [0, 0.1) is 11.6 Å². The number of nitrogens with zero attached hydrogens (tertiary/aromatic N) is 2. The molecule has 1 aromatic carbocycles. The first-order chi connectivity index (χ1) is 9.15. The predicted molar refractivity (Wildman–Crippen MR) is 67.7 cm³/mol. The maximum absolute atomic E-state index is 13.3. The van der Waals surface area contributed by atoms with Crippen molar-refractivity contribution in [2.75, 3.05) is 11.1 Å². The molecule has 1 N–H and O–H groups in total. The van der Waals surface area contributed by atoms with Crippen molar-refractivity contribution in [3.63, 3.8) is 0 Å². The molecule has 0 saturated carbocycles. The van der Waals surface area contributed by atoms with Crippen molar-refractivity contribution < 1.29 is 13.6 Å². The van der Waals surface area contributed by atoms with Crippen LogP contribution in [0.5, 0.6) is 0 Å². The van der Waals surface area contributed by atoms with E-state index in [0.717, 1.165) is 30.0 Å². The van der Waals surface area contributed by atoms with Crippen LogP contribution in [0.3, 0.4) is 0 Å². The van der Waals surface area contributed by atoms with Crippen LogP contribution < -0.4 is 5.32 Å². The van der Waals surface area contributed by atoms with Crippen molar-refractivity contribution in [3.8, 4) is 0 Å². The normalized spacial score (nSPS) is 10.2. The highest BCUT2D eigenvalue weighted by atomic mass is 32.2. The van der Waals surface area contributed by atoms with Gasteiger partial charge in [0.05, 0.1) is 11.4 Å². The van der Waals surface area contributed by atoms with Crippen molar-refractivity contribution in [2.45, 2.75) is 5.16 Å². The molecule has 0 radical (unpaired) electrons. The van der Waals surface area contributed by atoms with E-state index in [9.17, 15) is 13.6 Å². The topological polar surface area (TPSA) is 54.9 Å². The van der Waals surface area contributed by atoms with Gasteiger partial charge in [-0.1, -0.05) is 11.8 Å². The number of benzene rings is 1. The molecule has 1 aromatic heterocycles. The number of thioether (sulfide) groups is 1. The zero-order valence-electron chi connectivity index (χ0n) is 9.64. The van der Waals surface area contributed by atoms with Crippen molar-refractivity contribution in [3.05, 3.63) is 48.3 Å². The molecule has 4 nitrogen and oxygen atoms in total. The minimum atomic E-state index is -0.685. The molecule has 2 rings (SSSR count). The molecule has 0 atom stereocenters. The second-order valence-electron chi connectivity index (χ2n) is 3.49. The number of carbonyl (C=O) groups is 1. The Bertz CT molecular complexity index is 580. The van der Waals surface area contributed by atoms with Gasteiger partial charge in [0.15, 0.2) is 5.16 Å². The predicted octanol–water partition coefficient (Wildman–Crippen LogP) is 2.49. The first-order valence-corrected chi connectivity index (χ1v) is 6.28. The van der Waals surface area contributed by atoms with Gasteiger partial charge in [-0.25, -0.2) is 18.7 Å². The molecule has 1 heterocycles. The first-order valence-electron chi connectivity index (χ1n) is 5.30. The summed E-state index contributed by atoms with van der Waals surface area (Å²) in [5.74, 6) is -1.74. The Labute approximate surface area is 112 Å². The molecule has 19 heavy (non-hydrogen) atoms. The van der Waals surface area contributed by atoms with E-state index >= 15 is 0 Å². The van der Waals surface area contributed by atoms with Gasteiger partial charge in [-0.2, -0.15) is 0 Å². The van der Waals surface area contributed by atoms with Crippen LogP contribution in [0.25, 0.3) is 0 Å². The molecule has 2 aromatic rings. The standard InChI is InChI=1S/C12H9F2N3OS/c13-8-2-3-9(14)10(6-8)17-11(18)7-19-12-15-4-1-5-16-12/h1-6H,7H2,(H,17,18). The molecule has 98 valence electrons. The third kappa shape index (κ3) is 3.99. The summed E-state index contributed by atoms with van der Waals surface area (Å²) in [5, 5.41) is 2.73. The number of hydrogen-bond acceptors (Lipinski definition) is 4. The van der Waals surface area contributed by atoms with E-state index in [1.54, 1.807) is 18.5 Å². The third-order valence-corrected chi connectivity index (χ3v) is 2.95. The fourth-order valence-electron chi connectivity index (χ4n) is 1.27. The van der Waals surface area contributed by atoms with Gasteiger partial charge >= 0.3 is 0 Å². The van der Waals surface area contributed by atoms with Crippen molar-refractivity contribution in [2.24, 2.45) is 0 Å². The third-order valence-electron chi connectivity index (χ3n) is 2.08. The summed E-state index contributed by atoms with van der Waals surface area (Å²) in [4.78, 5) is 19.4. The van der Waals surface area contributed by atoms with E-state index in [1.165, 1.54) is 0 Å². The molecule has 7 heteroatoms. The quantitative estimate of drug-likeness (QED) is 0.691. The Balaban J connectivity index is 1.93. The van der Waals surface area contributed by atoms with Gasteiger partial charge in [0.2, 0.25) is 5.91 Å². The largest absolute Gasteiger partial charge is 0.323 e. The van der Waals surface area contributed by atoms with Crippen molar-refractivity contribution >= 4 is 23.4 Å². The Morgan fingerprint density at radius 2 is 2.00 bits per heavy atom. The average Bonchev–Trinajstić information content (AvgIpc) is 2.42. The maximum Gasteiger partial charge on any atom is 0.234 e. The maximum atomic E-state index is 13.3.